The van der Waals surface area contributed by atoms with Gasteiger partial charge in [-0.1, -0.05) is 0 Å². The summed E-state index contributed by atoms with van der Waals surface area (Å²) >= 11 is 3.28. The van der Waals surface area contributed by atoms with E-state index in [1.807, 2.05) is 0 Å². The third-order valence-corrected chi connectivity index (χ3v) is 7.57. The van der Waals surface area contributed by atoms with Gasteiger partial charge in [0.2, 0.25) is 10.0 Å². The second-order valence-corrected chi connectivity index (χ2v) is 8.99. The Morgan fingerprint density at radius 3 is 2.76 bits per heavy atom. The maximum atomic E-state index is 12.8. The van der Waals surface area contributed by atoms with Crippen LogP contribution in [0.3, 0.4) is 0 Å². The highest BCUT2D eigenvalue weighted by molar-refractivity contribution is 9.10. The predicted octanol–water partition coefficient (Wildman–Crippen LogP) is 2.47. The Kier molecular flexibility index (Phi) is 3.44. The van der Waals surface area contributed by atoms with E-state index in [0.717, 1.165) is 12.8 Å². The van der Waals surface area contributed by atoms with E-state index in [1.54, 1.807) is 10.4 Å². The Morgan fingerprint density at radius 2 is 2.14 bits per heavy atom. The van der Waals surface area contributed by atoms with Gasteiger partial charge < -0.3 is 9.73 Å². The highest BCUT2D eigenvalue weighted by Crippen LogP contribution is 2.42. The van der Waals surface area contributed by atoms with Crippen molar-refractivity contribution in [3.05, 3.63) is 16.5 Å². The number of halogens is 1. The summed E-state index contributed by atoms with van der Waals surface area (Å²) in [4.78, 5) is 0.280. The quantitative estimate of drug-likeness (QED) is 0.859. The van der Waals surface area contributed by atoms with Crippen LogP contribution in [0.1, 0.15) is 37.9 Å². The molecule has 3 aliphatic rings. The smallest absolute Gasteiger partial charge is 0.247 e. The number of furan rings is 1. The SMILES string of the molecule is O=S(=O)(c1cc(CNC2CC2)oc1Br)N1CC2CCC1C2. The van der Waals surface area contributed by atoms with Gasteiger partial charge in [0, 0.05) is 24.7 Å². The summed E-state index contributed by atoms with van der Waals surface area (Å²) in [6.07, 6.45) is 5.58. The third-order valence-electron chi connectivity index (χ3n) is 4.79. The first-order chi connectivity index (χ1) is 10.0. The first-order valence-corrected chi connectivity index (χ1v) is 9.81. The van der Waals surface area contributed by atoms with Crippen LogP contribution in [0, 0.1) is 5.92 Å². The number of hydrogen-bond donors (Lipinski definition) is 1. The molecule has 1 N–H and O–H groups in total. The fourth-order valence-electron chi connectivity index (χ4n) is 3.49. The summed E-state index contributed by atoms with van der Waals surface area (Å²) in [5.41, 5.74) is 0. The fraction of sp³-hybridized carbons (Fsp3) is 0.714. The van der Waals surface area contributed by atoms with E-state index in [-0.39, 0.29) is 10.9 Å². The second-order valence-electron chi connectivity index (χ2n) is 6.41. The van der Waals surface area contributed by atoms with E-state index in [4.69, 9.17) is 4.42 Å². The summed E-state index contributed by atoms with van der Waals surface area (Å²) < 4.78 is 33.2. The minimum atomic E-state index is -3.44. The molecule has 3 fully saturated rings. The molecular weight excluding hydrogens is 356 g/mol. The van der Waals surface area contributed by atoms with E-state index in [1.165, 1.54) is 19.3 Å². The summed E-state index contributed by atoms with van der Waals surface area (Å²) in [6.45, 7) is 1.26. The van der Waals surface area contributed by atoms with Crippen LogP contribution in [0.25, 0.3) is 0 Å². The van der Waals surface area contributed by atoms with E-state index in [0.29, 0.717) is 35.5 Å². The molecule has 7 heteroatoms. The lowest BCUT2D eigenvalue weighted by molar-refractivity contribution is 0.332. The molecule has 0 spiro atoms. The molecule has 1 aromatic heterocycles. The maximum Gasteiger partial charge on any atom is 0.247 e. The number of piperidine rings is 1. The van der Waals surface area contributed by atoms with Gasteiger partial charge in [-0.25, -0.2) is 8.42 Å². The number of nitrogens with zero attached hydrogens (tertiary/aromatic N) is 1. The first-order valence-electron chi connectivity index (χ1n) is 7.57. The molecule has 2 heterocycles. The second kappa shape index (κ2) is 5.08. The molecule has 0 amide bonds. The van der Waals surface area contributed by atoms with Crippen LogP contribution in [0.4, 0.5) is 0 Å². The Labute approximate surface area is 133 Å². The normalized spacial score (nSPS) is 29.4. The number of fused-ring (bicyclic) bond motifs is 2. The van der Waals surface area contributed by atoms with Crippen molar-refractivity contribution in [2.45, 2.75) is 55.6 Å². The zero-order valence-corrected chi connectivity index (χ0v) is 14.1. The Balaban J connectivity index is 1.56. The Bertz CT molecular complexity index is 653. The fourth-order valence-corrected chi connectivity index (χ4v) is 6.20. The molecule has 1 aliphatic heterocycles. The molecule has 21 heavy (non-hydrogen) atoms. The van der Waals surface area contributed by atoms with E-state index in [2.05, 4.69) is 21.2 Å². The molecule has 4 rings (SSSR count). The molecule has 0 radical (unpaired) electrons. The van der Waals surface area contributed by atoms with Gasteiger partial charge >= 0.3 is 0 Å². The molecule has 2 atom stereocenters. The molecule has 2 saturated carbocycles. The van der Waals surface area contributed by atoms with Gasteiger partial charge in [-0.3, -0.25) is 0 Å². The first kappa shape index (κ1) is 14.2. The molecule has 2 unspecified atom stereocenters. The molecule has 1 saturated heterocycles. The number of rotatable bonds is 5. The van der Waals surface area contributed by atoms with Crippen LogP contribution in [-0.2, 0) is 16.6 Å². The Morgan fingerprint density at radius 1 is 1.33 bits per heavy atom. The van der Waals surface area contributed by atoms with Crippen molar-refractivity contribution in [2.75, 3.05) is 6.54 Å². The van der Waals surface area contributed by atoms with E-state index in [9.17, 15) is 8.42 Å². The lowest BCUT2D eigenvalue weighted by atomic mass is 10.1. The molecule has 116 valence electrons. The van der Waals surface area contributed by atoms with Crippen molar-refractivity contribution in [3.63, 3.8) is 0 Å². The minimum Gasteiger partial charge on any atom is -0.452 e. The predicted molar refractivity (Wildman–Crippen MR) is 81.3 cm³/mol. The van der Waals surface area contributed by atoms with E-state index < -0.39 is 10.0 Å². The van der Waals surface area contributed by atoms with Crippen LogP contribution >= 0.6 is 15.9 Å². The molecule has 2 bridgehead atoms. The lowest BCUT2D eigenvalue weighted by Crippen LogP contribution is -2.37. The van der Waals surface area contributed by atoms with Crippen molar-refractivity contribution in [1.29, 1.82) is 0 Å². The van der Waals surface area contributed by atoms with E-state index >= 15 is 0 Å². The van der Waals surface area contributed by atoms with Gasteiger partial charge in [0.15, 0.2) is 4.67 Å². The Hall–Kier alpha value is -0.370. The average Bonchev–Trinajstić information content (AvgIpc) is 2.86. The summed E-state index contributed by atoms with van der Waals surface area (Å²) in [5.74, 6) is 1.23. The average molecular weight is 375 g/mol. The highest BCUT2D eigenvalue weighted by atomic mass is 79.9. The number of hydrogen-bond acceptors (Lipinski definition) is 4. The molecule has 0 aromatic carbocycles. The molecular formula is C14H19BrN2O3S. The highest BCUT2D eigenvalue weighted by Gasteiger charge is 2.45. The van der Waals surface area contributed by atoms with Gasteiger partial charge in [-0.2, -0.15) is 4.31 Å². The minimum absolute atomic E-state index is 0.190. The summed E-state index contributed by atoms with van der Waals surface area (Å²) in [6, 6.07) is 2.43. The number of nitrogens with one attached hydrogen (secondary N) is 1. The lowest BCUT2D eigenvalue weighted by Gasteiger charge is -2.25. The van der Waals surface area contributed by atoms with Crippen molar-refractivity contribution in [1.82, 2.24) is 9.62 Å². The van der Waals surface area contributed by atoms with Crippen LogP contribution in [0.5, 0.6) is 0 Å². The van der Waals surface area contributed by atoms with Gasteiger partial charge in [-0.15, -0.1) is 0 Å². The molecule has 5 nitrogen and oxygen atoms in total. The summed E-state index contributed by atoms with van der Waals surface area (Å²) in [5, 5.41) is 3.34. The van der Waals surface area contributed by atoms with Crippen LogP contribution < -0.4 is 5.32 Å². The topological polar surface area (TPSA) is 62.6 Å². The largest absolute Gasteiger partial charge is 0.452 e. The zero-order valence-electron chi connectivity index (χ0n) is 11.7. The van der Waals surface area contributed by atoms with Crippen LogP contribution in [0.2, 0.25) is 0 Å². The van der Waals surface area contributed by atoms with Crippen molar-refractivity contribution >= 4 is 26.0 Å². The van der Waals surface area contributed by atoms with Crippen molar-refractivity contribution in [3.8, 4) is 0 Å². The zero-order chi connectivity index (χ0) is 14.6. The van der Waals surface area contributed by atoms with Crippen LogP contribution in [0.15, 0.2) is 20.0 Å². The van der Waals surface area contributed by atoms with Crippen molar-refractivity contribution in [2.24, 2.45) is 5.92 Å². The van der Waals surface area contributed by atoms with Crippen molar-refractivity contribution < 1.29 is 12.8 Å². The molecule has 1 aromatic rings. The van der Waals surface area contributed by atoms with Gasteiger partial charge in [0.1, 0.15) is 10.7 Å². The van der Waals surface area contributed by atoms with Gasteiger partial charge in [0.25, 0.3) is 0 Å². The monoisotopic (exact) mass is 374 g/mol. The third kappa shape index (κ3) is 2.58. The number of sulfonamides is 1. The van der Waals surface area contributed by atoms with Crippen LogP contribution in [-0.4, -0.2) is 31.4 Å². The van der Waals surface area contributed by atoms with Gasteiger partial charge in [0.05, 0.1) is 6.54 Å². The summed E-state index contributed by atoms with van der Waals surface area (Å²) in [7, 11) is -3.44. The molecule has 2 aliphatic carbocycles. The maximum absolute atomic E-state index is 12.8. The van der Waals surface area contributed by atoms with Gasteiger partial charge in [-0.05, 0) is 54.0 Å². The standard InChI is InChI=1S/C14H19BrN2O3S/c15-14-13(6-12(20-14)7-16-10-2-3-10)21(18,19)17-8-9-1-4-11(17)5-9/h6,9-11,16H,1-5,7-8H2.